The summed E-state index contributed by atoms with van der Waals surface area (Å²) in [7, 11) is 1.60. The monoisotopic (exact) mass is 343 g/mol. The maximum atomic E-state index is 14.2. The first kappa shape index (κ1) is 15.1. The molecule has 1 atom stereocenters. The third-order valence-electron chi connectivity index (χ3n) is 3.17. The Balaban J connectivity index is 2.61. The Labute approximate surface area is 123 Å². The number of hydrogen-bond donors (Lipinski definition) is 1. The number of rotatable bonds is 3. The molecule has 0 aromatic heterocycles. The van der Waals surface area contributed by atoms with E-state index in [9.17, 15) is 13.2 Å². The van der Waals surface area contributed by atoms with E-state index in [1.54, 1.807) is 14.0 Å². The Bertz CT molecular complexity index is 643. The van der Waals surface area contributed by atoms with E-state index in [1.165, 1.54) is 30.3 Å². The molecular formula is C15H13BrF3N. The summed E-state index contributed by atoms with van der Waals surface area (Å²) >= 11 is 3.23. The zero-order valence-corrected chi connectivity index (χ0v) is 12.6. The normalized spacial score (nSPS) is 12.5. The van der Waals surface area contributed by atoms with Crippen molar-refractivity contribution in [2.24, 2.45) is 0 Å². The molecule has 0 aliphatic heterocycles. The molecule has 2 aromatic carbocycles. The van der Waals surface area contributed by atoms with Crippen LogP contribution in [0.5, 0.6) is 0 Å². The van der Waals surface area contributed by atoms with Gasteiger partial charge in [0.1, 0.15) is 17.5 Å². The Hall–Kier alpha value is -1.33. The minimum Gasteiger partial charge on any atom is -0.309 e. The van der Waals surface area contributed by atoms with Crippen molar-refractivity contribution in [1.29, 1.82) is 0 Å². The lowest BCUT2D eigenvalue weighted by atomic mass is 9.96. The van der Waals surface area contributed by atoms with E-state index in [0.29, 0.717) is 15.6 Å². The molecule has 0 radical (unpaired) electrons. The maximum Gasteiger partial charge on any atom is 0.134 e. The van der Waals surface area contributed by atoms with E-state index < -0.39 is 23.5 Å². The smallest absolute Gasteiger partial charge is 0.134 e. The summed E-state index contributed by atoms with van der Waals surface area (Å²) in [5, 5.41) is 2.87. The average molecular weight is 344 g/mol. The molecule has 1 N–H and O–H groups in total. The fraction of sp³-hybridized carbons (Fsp3) is 0.200. The largest absolute Gasteiger partial charge is 0.309 e. The van der Waals surface area contributed by atoms with Gasteiger partial charge in [-0.2, -0.15) is 0 Å². The number of halogens is 4. The summed E-state index contributed by atoms with van der Waals surface area (Å²) in [6.45, 7) is 1.57. The van der Waals surface area contributed by atoms with Gasteiger partial charge in [-0.15, -0.1) is 0 Å². The Morgan fingerprint density at radius 1 is 1.10 bits per heavy atom. The van der Waals surface area contributed by atoms with Crippen molar-refractivity contribution in [3.05, 3.63) is 68.9 Å². The Morgan fingerprint density at radius 3 is 2.40 bits per heavy atom. The van der Waals surface area contributed by atoms with Crippen LogP contribution in [0, 0.1) is 24.4 Å². The summed E-state index contributed by atoms with van der Waals surface area (Å²) in [5.41, 5.74) is 0.858. The van der Waals surface area contributed by atoms with Gasteiger partial charge in [-0.3, -0.25) is 0 Å². The molecule has 5 heteroatoms. The molecule has 0 heterocycles. The summed E-state index contributed by atoms with van der Waals surface area (Å²) < 4.78 is 41.8. The van der Waals surface area contributed by atoms with E-state index in [-0.39, 0.29) is 5.56 Å². The molecule has 0 aliphatic rings. The number of benzene rings is 2. The van der Waals surface area contributed by atoms with Crippen molar-refractivity contribution in [1.82, 2.24) is 5.32 Å². The number of hydrogen-bond acceptors (Lipinski definition) is 1. The van der Waals surface area contributed by atoms with Crippen molar-refractivity contribution in [2.75, 3.05) is 7.05 Å². The van der Waals surface area contributed by atoms with Crippen LogP contribution in [0.4, 0.5) is 13.2 Å². The minimum atomic E-state index is -0.704. The summed E-state index contributed by atoms with van der Waals surface area (Å²) in [6.07, 6.45) is 0. The second kappa shape index (κ2) is 5.97. The molecule has 0 amide bonds. The number of nitrogens with one attached hydrogen (secondary N) is 1. The van der Waals surface area contributed by atoms with Gasteiger partial charge in [-0.25, -0.2) is 13.2 Å². The lowest BCUT2D eigenvalue weighted by Crippen LogP contribution is -2.21. The van der Waals surface area contributed by atoms with Crippen LogP contribution in [-0.2, 0) is 0 Å². The number of aryl methyl sites for hydroxylation is 1. The van der Waals surface area contributed by atoms with Crippen LogP contribution in [0.25, 0.3) is 0 Å². The second-order valence-electron chi connectivity index (χ2n) is 4.48. The first-order valence-corrected chi connectivity index (χ1v) is 6.81. The van der Waals surface area contributed by atoms with Crippen molar-refractivity contribution in [3.63, 3.8) is 0 Å². The van der Waals surface area contributed by atoms with Gasteiger partial charge in [0, 0.05) is 10.0 Å². The zero-order valence-electron chi connectivity index (χ0n) is 11.0. The lowest BCUT2D eigenvalue weighted by molar-refractivity contribution is 0.516. The molecular weight excluding hydrogens is 331 g/mol. The second-order valence-corrected chi connectivity index (χ2v) is 5.33. The summed E-state index contributed by atoms with van der Waals surface area (Å²) in [6, 6.07) is 5.95. The average Bonchev–Trinajstić information content (AvgIpc) is 2.40. The van der Waals surface area contributed by atoms with Gasteiger partial charge in [0.05, 0.1) is 6.04 Å². The third-order valence-corrected chi connectivity index (χ3v) is 3.86. The van der Waals surface area contributed by atoms with Crippen LogP contribution in [0.3, 0.4) is 0 Å². The topological polar surface area (TPSA) is 12.0 Å². The highest BCUT2D eigenvalue weighted by molar-refractivity contribution is 9.10. The van der Waals surface area contributed by atoms with Gasteiger partial charge in [0.15, 0.2) is 0 Å². The summed E-state index contributed by atoms with van der Waals surface area (Å²) in [4.78, 5) is 0. The molecule has 0 spiro atoms. The molecule has 0 saturated carbocycles. The highest BCUT2D eigenvalue weighted by Crippen LogP contribution is 2.32. The van der Waals surface area contributed by atoms with Crippen molar-refractivity contribution < 1.29 is 13.2 Å². The fourth-order valence-corrected chi connectivity index (χ4v) is 2.71. The lowest BCUT2D eigenvalue weighted by Gasteiger charge is -2.20. The van der Waals surface area contributed by atoms with E-state index >= 15 is 0 Å². The van der Waals surface area contributed by atoms with Crippen LogP contribution in [0.15, 0.2) is 34.8 Å². The fourth-order valence-electron chi connectivity index (χ4n) is 2.13. The molecule has 1 nitrogen and oxygen atoms in total. The quantitative estimate of drug-likeness (QED) is 0.866. The van der Waals surface area contributed by atoms with Gasteiger partial charge in [0.2, 0.25) is 0 Å². The molecule has 2 aromatic rings. The van der Waals surface area contributed by atoms with Crippen molar-refractivity contribution in [3.8, 4) is 0 Å². The highest BCUT2D eigenvalue weighted by Gasteiger charge is 2.23. The first-order chi connectivity index (χ1) is 9.45. The van der Waals surface area contributed by atoms with Crippen LogP contribution in [0.1, 0.15) is 22.7 Å². The van der Waals surface area contributed by atoms with E-state index in [1.807, 2.05) is 0 Å². The highest BCUT2D eigenvalue weighted by atomic mass is 79.9. The molecule has 0 aliphatic carbocycles. The van der Waals surface area contributed by atoms with Crippen molar-refractivity contribution >= 4 is 15.9 Å². The molecule has 2 rings (SSSR count). The van der Waals surface area contributed by atoms with Gasteiger partial charge < -0.3 is 5.32 Å². The third kappa shape index (κ3) is 2.74. The summed E-state index contributed by atoms with van der Waals surface area (Å²) in [5.74, 6) is -1.65. The van der Waals surface area contributed by atoms with E-state index in [0.717, 1.165) is 0 Å². The molecule has 0 saturated heterocycles. The molecule has 1 unspecified atom stereocenters. The first-order valence-electron chi connectivity index (χ1n) is 6.02. The molecule has 106 valence electrons. The van der Waals surface area contributed by atoms with Gasteiger partial charge in [-0.1, -0.05) is 28.1 Å². The van der Waals surface area contributed by atoms with Crippen LogP contribution >= 0.6 is 15.9 Å². The van der Waals surface area contributed by atoms with Crippen LogP contribution in [0.2, 0.25) is 0 Å². The standard InChI is InChI=1S/C15H13BrF3N/c1-8-3-6-12(18)13(14(8)19)15(20-2)10-5-4-9(17)7-11(10)16/h3-7,15,20H,1-2H3. The molecule has 0 fully saturated rings. The van der Waals surface area contributed by atoms with E-state index in [2.05, 4.69) is 21.2 Å². The minimum absolute atomic E-state index is 0.0696. The van der Waals surface area contributed by atoms with Crippen molar-refractivity contribution in [2.45, 2.75) is 13.0 Å². The van der Waals surface area contributed by atoms with Gasteiger partial charge in [0.25, 0.3) is 0 Å². The molecule has 20 heavy (non-hydrogen) atoms. The van der Waals surface area contributed by atoms with Crippen LogP contribution in [-0.4, -0.2) is 7.05 Å². The van der Waals surface area contributed by atoms with Gasteiger partial charge in [-0.05, 0) is 43.3 Å². The zero-order chi connectivity index (χ0) is 14.9. The van der Waals surface area contributed by atoms with Gasteiger partial charge >= 0.3 is 0 Å². The molecule has 0 bridgehead atoms. The maximum absolute atomic E-state index is 14.2. The Kier molecular flexibility index (Phi) is 4.50. The Morgan fingerprint density at radius 2 is 1.80 bits per heavy atom. The SMILES string of the molecule is CNC(c1ccc(F)cc1Br)c1c(F)ccc(C)c1F. The van der Waals surface area contributed by atoms with E-state index in [4.69, 9.17) is 0 Å². The predicted octanol–water partition coefficient (Wildman–Crippen LogP) is 4.48. The van der Waals surface area contributed by atoms with Crippen LogP contribution < -0.4 is 5.32 Å². The predicted molar refractivity (Wildman–Crippen MR) is 76.1 cm³/mol.